The minimum absolute atomic E-state index is 0.0343. The van der Waals surface area contributed by atoms with E-state index in [1.807, 2.05) is 0 Å². The van der Waals surface area contributed by atoms with Gasteiger partial charge < -0.3 is 54.0 Å². The van der Waals surface area contributed by atoms with Crippen LogP contribution in [0, 0.1) is 16.7 Å². The van der Waals surface area contributed by atoms with E-state index in [1.165, 1.54) is 26.4 Å². The molecular weight excluding hydrogens is 628 g/mol. The number of benzene rings is 1. The van der Waals surface area contributed by atoms with Crippen molar-refractivity contribution >= 4 is 11.9 Å². The Morgan fingerprint density at radius 1 is 1.06 bits per heavy atom. The number of ether oxygens (including phenoxy) is 6. The highest BCUT2D eigenvalue weighted by Crippen LogP contribution is 2.63. The molecule has 5 aliphatic rings. The molecule has 0 radical (unpaired) electrons. The molecule has 6 rings (SSSR count). The number of hydrogen-bond donors (Lipinski definition) is 5. The summed E-state index contributed by atoms with van der Waals surface area (Å²) in [4.78, 5) is 25.7. The maximum absolute atomic E-state index is 13.4. The number of rotatable bonds is 8. The van der Waals surface area contributed by atoms with E-state index >= 15 is 0 Å². The Morgan fingerprint density at radius 3 is 2.40 bits per heavy atom. The smallest absolute Gasteiger partial charge is 0.338 e. The summed E-state index contributed by atoms with van der Waals surface area (Å²) in [5.74, 6) is -1.55. The predicted molar refractivity (Wildman–Crippen MR) is 167 cm³/mol. The minimum atomic E-state index is -1.65. The van der Waals surface area contributed by atoms with Crippen LogP contribution in [-0.4, -0.2) is 108 Å². The van der Waals surface area contributed by atoms with Gasteiger partial charge in [-0.1, -0.05) is 25.8 Å². The van der Waals surface area contributed by atoms with Crippen LogP contribution in [0.15, 0.2) is 34.4 Å². The number of methoxy groups -OCH3 is 2. The fraction of sp³-hybridized carbons (Fsp3) is 0.657. The quantitative estimate of drug-likeness (QED) is 0.200. The molecule has 48 heavy (non-hydrogen) atoms. The molecule has 1 saturated heterocycles. The van der Waals surface area contributed by atoms with Gasteiger partial charge in [0.1, 0.15) is 30.5 Å². The lowest BCUT2D eigenvalue weighted by atomic mass is 9.48. The van der Waals surface area contributed by atoms with E-state index in [0.717, 1.165) is 36.8 Å². The monoisotopic (exact) mass is 674 g/mol. The third kappa shape index (κ3) is 5.58. The van der Waals surface area contributed by atoms with Crippen LogP contribution in [0.5, 0.6) is 17.2 Å². The van der Waals surface area contributed by atoms with Crippen molar-refractivity contribution in [2.45, 2.75) is 102 Å². The van der Waals surface area contributed by atoms with Crippen LogP contribution in [0.4, 0.5) is 0 Å². The molecule has 13 nitrogen and oxygen atoms in total. The summed E-state index contributed by atoms with van der Waals surface area (Å²) in [6.45, 7) is 5.62. The van der Waals surface area contributed by atoms with E-state index in [4.69, 9.17) is 28.4 Å². The Labute approximate surface area is 279 Å². The second kappa shape index (κ2) is 12.9. The van der Waals surface area contributed by atoms with Crippen LogP contribution in [0.25, 0.3) is 0 Å². The van der Waals surface area contributed by atoms with Gasteiger partial charge in [0, 0.05) is 17.6 Å². The molecule has 2 aliphatic heterocycles. The lowest BCUT2D eigenvalue weighted by Crippen LogP contribution is -2.61. The highest BCUT2D eigenvalue weighted by Gasteiger charge is 2.57. The average molecular weight is 675 g/mol. The number of phenolic OH excluding ortho intramolecular Hbond substituents is 1. The molecule has 0 bridgehead atoms. The Balaban J connectivity index is 1.24. The summed E-state index contributed by atoms with van der Waals surface area (Å²) >= 11 is 0. The van der Waals surface area contributed by atoms with E-state index in [9.17, 15) is 35.1 Å². The molecule has 1 aromatic carbocycles. The first-order valence-corrected chi connectivity index (χ1v) is 16.5. The van der Waals surface area contributed by atoms with Crippen LogP contribution in [0.1, 0.15) is 69.7 Å². The van der Waals surface area contributed by atoms with Gasteiger partial charge in [-0.2, -0.15) is 0 Å². The first-order chi connectivity index (χ1) is 22.8. The predicted octanol–water partition coefficient (Wildman–Crippen LogP) is 2.30. The van der Waals surface area contributed by atoms with Crippen molar-refractivity contribution in [3.8, 4) is 17.2 Å². The fourth-order valence-corrected chi connectivity index (χ4v) is 9.00. The van der Waals surface area contributed by atoms with Crippen LogP contribution in [-0.2, 0) is 23.7 Å². The zero-order valence-electron chi connectivity index (χ0n) is 27.9. The number of carbonyl (C=O) groups excluding carboxylic acids is 2. The minimum Gasteiger partial charge on any atom is -0.502 e. The van der Waals surface area contributed by atoms with E-state index in [2.05, 4.69) is 13.8 Å². The number of fused-ring (bicyclic) bond motifs is 3. The first-order valence-electron chi connectivity index (χ1n) is 16.5. The largest absolute Gasteiger partial charge is 0.502 e. The lowest BCUT2D eigenvalue weighted by Gasteiger charge is -2.58. The van der Waals surface area contributed by atoms with Crippen molar-refractivity contribution in [1.29, 1.82) is 0 Å². The Morgan fingerprint density at radius 2 is 1.75 bits per heavy atom. The number of phenols is 1. The summed E-state index contributed by atoms with van der Waals surface area (Å²) in [5, 5.41) is 53.3. The van der Waals surface area contributed by atoms with Gasteiger partial charge in [-0.25, -0.2) is 9.59 Å². The summed E-state index contributed by atoms with van der Waals surface area (Å²) in [7, 11) is 2.63. The first kappa shape index (κ1) is 34.7. The van der Waals surface area contributed by atoms with Gasteiger partial charge in [0.15, 0.2) is 23.9 Å². The van der Waals surface area contributed by atoms with Crippen molar-refractivity contribution < 1.29 is 63.5 Å². The van der Waals surface area contributed by atoms with Gasteiger partial charge in [0.25, 0.3) is 0 Å². The number of hydrogen-bond acceptors (Lipinski definition) is 13. The SMILES string of the molecule is COc1cc(C(=O)OC2C(OCC3(C)CCCC4(C)C5=C(CCC34)C(O)C3=C(C)C(=O)OC3C5)OC(CO)C(O)C2O)cc(OC)c1O. The summed E-state index contributed by atoms with van der Waals surface area (Å²) in [6, 6.07) is 2.51. The number of esters is 2. The maximum atomic E-state index is 13.4. The molecule has 1 aromatic rings. The standard InChI is InChI=1S/C35H46O13/c1-16-25-20(46-31(16)41)13-19-18(26(25)37)7-8-24-34(2,9-6-10-35(19,24)3)15-45-33-30(29(40)28(39)23(14-36)47-33)48-32(42)17-11-21(43-4)27(38)22(12-17)44-5/h11-12,20,23-24,26,28-30,33,36-40H,6-10,13-15H2,1-5H3. The molecule has 264 valence electrons. The molecule has 3 aliphatic carbocycles. The summed E-state index contributed by atoms with van der Waals surface area (Å²) < 4.78 is 33.9. The highest BCUT2D eigenvalue weighted by atomic mass is 16.7. The second-order valence-corrected chi connectivity index (χ2v) is 14.2. The molecule has 0 spiro atoms. The van der Waals surface area contributed by atoms with Crippen LogP contribution < -0.4 is 9.47 Å². The molecule has 5 N–H and O–H groups in total. The van der Waals surface area contributed by atoms with E-state index in [-0.39, 0.29) is 46.7 Å². The van der Waals surface area contributed by atoms with Gasteiger partial charge in [0.05, 0.1) is 33.0 Å². The Kier molecular flexibility index (Phi) is 9.33. The molecule has 13 heteroatoms. The third-order valence-corrected chi connectivity index (χ3v) is 11.5. The van der Waals surface area contributed by atoms with Gasteiger partial charge in [-0.05, 0) is 67.1 Å². The molecule has 2 fully saturated rings. The topological polar surface area (TPSA) is 191 Å². The van der Waals surface area contributed by atoms with E-state index in [1.54, 1.807) is 6.92 Å². The molecule has 10 unspecified atom stereocenters. The van der Waals surface area contributed by atoms with Gasteiger partial charge in [-0.3, -0.25) is 0 Å². The maximum Gasteiger partial charge on any atom is 0.338 e. The average Bonchev–Trinajstić information content (AvgIpc) is 3.35. The van der Waals surface area contributed by atoms with E-state index in [0.29, 0.717) is 24.0 Å². The summed E-state index contributed by atoms with van der Waals surface area (Å²) in [5.41, 5.74) is 2.56. The van der Waals surface area contributed by atoms with Crippen molar-refractivity contribution in [3.63, 3.8) is 0 Å². The highest BCUT2D eigenvalue weighted by molar-refractivity contribution is 5.92. The van der Waals surface area contributed by atoms with Gasteiger partial charge >= 0.3 is 11.9 Å². The number of aromatic hydroxyl groups is 1. The fourth-order valence-electron chi connectivity index (χ4n) is 9.00. The van der Waals surface area contributed by atoms with Crippen LogP contribution >= 0.6 is 0 Å². The number of aliphatic hydroxyl groups is 4. The second-order valence-electron chi connectivity index (χ2n) is 14.2. The van der Waals surface area contributed by atoms with E-state index < -0.39 is 60.9 Å². The van der Waals surface area contributed by atoms with Crippen molar-refractivity contribution in [2.75, 3.05) is 27.4 Å². The Bertz CT molecular complexity index is 1490. The van der Waals surface area contributed by atoms with Gasteiger partial charge in [-0.15, -0.1) is 0 Å². The van der Waals surface area contributed by atoms with Gasteiger partial charge in [0.2, 0.25) is 5.75 Å². The Hall–Kier alpha value is -3.20. The number of aliphatic hydroxyl groups excluding tert-OH is 4. The normalized spacial score (nSPS) is 37.7. The molecule has 10 atom stereocenters. The lowest BCUT2D eigenvalue weighted by molar-refractivity contribution is -0.307. The molecule has 0 amide bonds. The molecule has 1 saturated carbocycles. The van der Waals surface area contributed by atoms with Crippen molar-refractivity contribution in [3.05, 3.63) is 40.0 Å². The summed E-state index contributed by atoms with van der Waals surface area (Å²) in [6.07, 6.45) is -3.93. The van der Waals surface area contributed by atoms with Crippen molar-refractivity contribution in [1.82, 2.24) is 0 Å². The third-order valence-electron chi connectivity index (χ3n) is 11.5. The van der Waals surface area contributed by atoms with Crippen LogP contribution in [0.2, 0.25) is 0 Å². The molecule has 0 aromatic heterocycles. The van der Waals surface area contributed by atoms with Crippen LogP contribution in [0.3, 0.4) is 0 Å². The molecule has 2 heterocycles. The molecular formula is C35H46O13. The zero-order valence-corrected chi connectivity index (χ0v) is 27.9. The number of carbonyl (C=O) groups is 2. The zero-order chi connectivity index (χ0) is 34.7. The van der Waals surface area contributed by atoms with Crippen molar-refractivity contribution in [2.24, 2.45) is 16.7 Å².